The molecule has 0 bridgehead atoms. The van der Waals surface area contributed by atoms with E-state index in [2.05, 4.69) is 5.32 Å². The summed E-state index contributed by atoms with van der Waals surface area (Å²) in [4.78, 5) is 14.3. The van der Waals surface area contributed by atoms with Gasteiger partial charge in [0.15, 0.2) is 0 Å². The van der Waals surface area contributed by atoms with Crippen molar-refractivity contribution in [1.82, 2.24) is 10.2 Å². The Morgan fingerprint density at radius 1 is 1.32 bits per heavy atom. The highest BCUT2D eigenvalue weighted by atomic mass is 35.5. The zero-order chi connectivity index (χ0) is 13.0. The first-order valence-corrected chi connectivity index (χ1v) is 6.35. The number of hydrogen-bond acceptors (Lipinski definition) is 3. The number of nitrogens with one attached hydrogen (secondary N) is 1. The van der Waals surface area contributed by atoms with Gasteiger partial charge in [0.05, 0.1) is 12.7 Å². The molecule has 1 fully saturated rings. The van der Waals surface area contributed by atoms with Crippen molar-refractivity contribution in [3.63, 3.8) is 0 Å². The van der Waals surface area contributed by atoms with Crippen molar-refractivity contribution in [3.05, 3.63) is 29.8 Å². The lowest BCUT2D eigenvalue weighted by atomic mass is 10.0. The number of benzene rings is 1. The van der Waals surface area contributed by atoms with Crippen LogP contribution in [-0.2, 0) is 0 Å². The maximum absolute atomic E-state index is 12.4. The SMILES string of the molecule is COc1ccccc1C(=O)N(C)C1CCNCC1.Cl. The molecule has 19 heavy (non-hydrogen) atoms. The van der Waals surface area contributed by atoms with Gasteiger partial charge in [-0.2, -0.15) is 0 Å². The number of nitrogens with zero attached hydrogens (tertiary/aromatic N) is 1. The maximum Gasteiger partial charge on any atom is 0.257 e. The number of rotatable bonds is 3. The normalized spacial score (nSPS) is 15.5. The molecule has 0 aliphatic carbocycles. The molecular formula is C14H21ClN2O2. The number of para-hydroxylation sites is 1. The van der Waals surface area contributed by atoms with E-state index in [1.165, 1.54) is 0 Å². The van der Waals surface area contributed by atoms with Gasteiger partial charge in [-0.15, -0.1) is 12.4 Å². The van der Waals surface area contributed by atoms with Crippen molar-refractivity contribution < 1.29 is 9.53 Å². The van der Waals surface area contributed by atoms with Crippen molar-refractivity contribution in [2.45, 2.75) is 18.9 Å². The fraction of sp³-hybridized carbons (Fsp3) is 0.500. The van der Waals surface area contributed by atoms with E-state index in [9.17, 15) is 4.79 Å². The van der Waals surface area contributed by atoms with E-state index in [-0.39, 0.29) is 18.3 Å². The molecule has 2 rings (SSSR count). The fourth-order valence-corrected chi connectivity index (χ4v) is 2.37. The van der Waals surface area contributed by atoms with Crippen LogP contribution < -0.4 is 10.1 Å². The smallest absolute Gasteiger partial charge is 0.257 e. The Morgan fingerprint density at radius 3 is 2.58 bits per heavy atom. The first kappa shape index (κ1) is 15.8. The lowest BCUT2D eigenvalue weighted by Crippen LogP contribution is -2.44. The average Bonchev–Trinajstić information content (AvgIpc) is 2.46. The third-order valence-corrected chi connectivity index (χ3v) is 3.51. The highest BCUT2D eigenvalue weighted by molar-refractivity contribution is 5.97. The van der Waals surface area contributed by atoms with Gasteiger partial charge in [0.2, 0.25) is 0 Å². The minimum atomic E-state index is 0. The molecule has 0 unspecified atom stereocenters. The van der Waals surface area contributed by atoms with Crippen molar-refractivity contribution >= 4 is 18.3 Å². The number of ether oxygens (including phenoxy) is 1. The summed E-state index contributed by atoms with van der Waals surface area (Å²) in [5, 5.41) is 3.31. The maximum atomic E-state index is 12.4. The van der Waals surface area contributed by atoms with Crippen LogP contribution in [0.3, 0.4) is 0 Å². The van der Waals surface area contributed by atoms with Crippen LogP contribution in [0.2, 0.25) is 0 Å². The number of hydrogen-bond donors (Lipinski definition) is 1. The molecule has 1 aromatic carbocycles. The van der Waals surface area contributed by atoms with E-state index in [4.69, 9.17) is 4.74 Å². The fourth-order valence-electron chi connectivity index (χ4n) is 2.37. The van der Waals surface area contributed by atoms with E-state index in [1.54, 1.807) is 7.11 Å². The molecule has 1 aliphatic rings. The minimum absolute atomic E-state index is 0. The molecule has 1 N–H and O–H groups in total. The van der Waals surface area contributed by atoms with Crippen molar-refractivity contribution in [2.75, 3.05) is 27.2 Å². The average molecular weight is 285 g/mol. The summed E-state index contributed by atoms with van der Waals surface area (Å²) in [6.07, 6.45) is 2.02. The van der Waals surface area contributed by atoms with Gasteiger partial charge in [0, 0.05) is 13.1 Å². The number of carbonyl (C=O) groups is 1. The summed E-state index contributed by atoms with van der Waals surface area (Å²) in [5.74, 6) is 0.683. The number of piperidine rings is 1. The molecule has 1 saturated heterocycles. The van der Waals surface area contributed by atoms with E-state index in [0.29, 0.717) is 17.4 Å². The quantitative estimate of drug-likeness (QED) is 0.922. The molecule has 1 heterocycles. The molecule has 4 nitrogen and oxygen atoms in total. The Hall–Kier alpha value is -1.26. The van der Waals surface area contributed by atoms with Crippen LogP contribution in [0.1, 0.15) is 23.2 Å². The van der Waals surface area contributed by atoms with Gasteiger partial charge in [0.25, 0.3) is 5.91 Å². The second-order valence-corrected chi connectivity index (χ2v) is 4.60. The Morgan fingerprint density at radius 2 is 1.95 bits per heavy atom. The first-order valence-electron chi connectivity index (χ1n) is 6.35. The van der Waals surface area contributed by atoms with Crippen LogP contribution in [0.5, 0.6) is 5.75 Å². The molecular weight excluding hydrogens is 264 g/mol. The van der Waals surface area contributed by atoms with Gasteiger partial charge < -0.3 is 15.0 Å². The summed E-state index contributed by atoms with van der Waals surface area (Å²) in [6, 6.07) is 7.71. The van der Waals surface area contributed by atoms with Gasteiger partial charge in [-0.25, -0.2) is 0 Å². The molecule has 106 valence electrons. The van der Waals surface area contributed by atoms with Crippen LogP contribution in [0.25, 0.3) is 0 Å². The minimum Gasteiger partial charge on any atom is -0.496 e. The summed E-state index contributed by atoms with van der Waals surface area (Å²) >= 11 is 0. The Kier molecular flexibility index (Phi) is 6.12. The van der Waals surface area contributed by atoms with Gasteiger partial charge in [-0.3, -0.25) is 4.79 Å². The van der Waals surface area contributed by atoms with Crippen LogP contribution in [0, 0.1) is 0 Å². The molecule has 0 saturated carbocycles. The zero-order valence-corrected chi connectivity index (χ0v) is 12.2. The Labute approximate surface area is 120 Å². The first-order chi connectivity index (χ1) is 8.74. The predicted octanol–water partition coefficient (Wildman–Crippen LogP) is 1.94. The van der Waals surface area contributed by atoms with Gasteiger partial charge in [-0.1, -0.05) is 12.1 Å². The molecule has 0 radical (unpaired) electrons. The monoisotopic (exact) mass is 284 g/mol. The third kappa shape index (κ3) is 3.61. The second kappa shape index (κ2) is 7.36. The van der Waals surface area contributed by atoms with Gasteiger partial charge in [0.1, 0.15) is 5.75 Å². The van der Waals surface area contributed by atoms with E-state index in [1.807, 2.05) is 36.2 Å². The lowest BCUT2D eigenvalue weighted by molar-refractivity contribution is 0.0700. The van der Waals surface area contributed by atoms with E-state index >= 15 is 0 Å². The molecule has 0 atom stereocenters. The number of methoxy groups -OCH3 is 1. The highest BCUT2D eigenvalue weighted by Gasteiger charge is 2.24. The number of carbonyl (C=O) groups excluding carboxylic acids is 1. The number of amides is 1. The van der Waals surface area contributed by atoms with Crippen LogP contribution in [0.15, 0.2) is 24.3 Å². The molecule has 5 heteroatoms. The summed E-state index contributed by atoms with van der Waals surface area (Å²) in [6.45, 7) is 1.96. The lowest BCUT2D eigenvalue weighted by Gasteiger charge is -2.32. The van der Waals surface area contributed by atoms with Gasteiger partial charge >= 0.3 is 0 Å². The summed E-state index contributed by atoms with van der Waals surface area (Å²) < 4.78 is 5.24. The highest BCUT2D eigenvalue weighted by Crippen LogP contribution is 2.21. The Bertz CT molecular complexity index is 420. The molecule has 1 amide bonds. The van der Waals surface area contributed by atoms with Gasteiger partial charge in [-0.05, 0) is 38.1 Å². The summed E-state index contributed by atoms with van der Waals surface area (Å²) in [5.41, 5.74) is 0.640. The van der Waals surface area contributed by atoms with E-state index < -0.39 is 0 Å². The third-order valence-electron chi connectivity index (χ3n) is 3.51. The Balaban J connectivity index is 0.00000180. The van der Waals surface area contributed by atoms with Crippen molar-refractivity contribution in [1.29, 1.82) is 0 Å². The largest absolute Gasteiger partial charge is 0.496 e. The number of halogens is 1. The van der Waals surface area contributed by atoms with Crippen LogP contribution in [-0.4, -0.2) is 44.1 Å². The molecule has 0 spiro atoms. The zero-order valence-electron chi connectivity index (χ0n) is 11.4. The molecule has 1 aliphatic heterocycles. The van der Waals surface area contributed by atoms with Crippen molar-refractivity contribution in [3.8, 4) is 5.75 Å². The molecule has 1 aromatic rings. The topological polar surface area (TPSA) is 41.6 Å². The molecule has 0 aromatic heterocycles. The van der Waals surface area contributed by atoms with Crippen LogP contribution in [0.4, 0.5) is 0 Å². The summed E-state index contributed by atoms with van der Waals surface area (Å²) in [7, 11) is 3.47. The van der Waals surface area contributed by atoms with E-state index in [0.717, 1.165) is 25.9 Å². The predicted molar refractivity (Wildman–Crippen MR) is 78.2 cm³/mol. The standard InChI is InChI=1S/C14H20N2O2.ClH/c1-16(11-7-9-15-10-8-11)14(17)12-5-3-4-6-13(12)18-2;/h3-6,11,15H,7-10H2,1-2H3;1H. The van der Waals surface area contributed by atoms with Crippen LogP contribution >= 0.6 is 12.4 Å². The second-order valence-electron chi connectivity index (χ2n) is 4.60. The van der Waals surface area contributed by atoms with Crippen molar-refractivity contribution in [2.24, 2.45) is 0 Å².